The Morgan fingerprint density at radius 3 is 2.29 bits per heavy atom. The number of nitrogens with one attached hydrogen (secondary N) is 1. The van der Waals surface area contributed by atoms with Gasteiger partial charge >= 0.3 is 0 Å². The maximum Gasteiger partial charge on any atom is 0.238 e. The zero-order valence-corrected chi connectivity index (χ0v) is 14.9. The van der Waals surface area contributed by atoms with E-state index < -0.39 is 10.0 Å². The molecule has 1 aromatic carbocycles. The monoisotopic (exact) mass is 355 g/mol. The van der Waals surface area contributed by atoms with Crippen LogP contribution in [0.4, 0.5) is 0 Å². The number of carbonyl (C=O) groups excluding carboxylic acids is 2. The molecule has 0 atom stereocenters. The van der Waals surface area contributed by atoms with Crippen molar-refractivity contribution in [1.29, 1.82) is 0 Å². The average Bonchev–Trinajstić information content (AvgIpc) is 2.50. The van der Waals surface area contributed by atoms with E-state index in [1.807, 2.05) is 6.92 Å². The van der Waals surface area contributed by atoms with Gasteiger partial charge in [0, 0.05) is 33.0 Å². The van der Waals surface area contributed by atoms with Crippen molar-refractivity contribution in [2.75, 3.05) is 19.6 Å². The van der Waals surface area contributed by atoms with Crippen molar-refractivity contribution in [1.82, 2.24) is 10.2 Å². The molecule has 1 aromatic rings. The Bertz CT molecular complexity index is 656. The van der Waals surface area contributed by atoms with Crippen LogP contribution in [0.25, 0.3) is 0 Å². The topological polar surface area (TPSA) is 110 Å². The van der Waals surface area contributed by atoms with Crippen LogP contribution in [0.2, 0.25) is 0 Å². The Morgan fingerprint density at radius 1 is 1.17 bits per heavy atom. The molecule has 0 aliphatic carbocycles. The lowest BCUT2D eigenvalue weighted by molar-refractivity contribution is -0.129. The van der Waals surface area contributed by atoms with Gasteiger partial charge in [0.05, 0.1) is 4.90 Å². The van der Waals surface area contributed by atoms with Crippen LogP contribution in [0.15, 0.2) is 29.2 Å². The van der Waals surface area contributed by atoms with Crippen LogP contribution in [-0.4, -0.2) is 44.8 Å². The molecule has 0 aliphatic rings. The van der Waals surface area contributed by atoms with E-state index in [0.717, 1.165) is 12.0 Å². The van der Waals surface area contributed by atoms with Gasteiger partial charge in [-0.05, 0) is 30.5 Å². The van der Waals surface area contributed by atoms with E-state index >= 15 is 0 Å². The SMILES string of the molecule is CCCC(=O)NCCN(CCc1ccc(S(N)(=O)=O)cc1)C(C)=O. The van der Waals surface area contributed by atoms with E-state index in [1.165, 1.54) is 19.1 Å². The van der Waals surface area contributed by atoms with Crippen LogP contribution in [0.5, 0.6) is 0 Å². The molecule has 134 valence electrons. The van der Waals surface area contributed by atoms with Gasteiger partial charge in [-0.15, -0.1) is 0 Å². The lowest BCUT2D eigenvalue weighted by atomic mass is 10.1. The lowest BCUT2D eigenvalue weighted by Gasteiger charge is -2.21. The Labute approximate surface area is 143 Å². The number of hydrogen-bond acceptors (Lipinski definition) is 4. The molecule has 0 spiro atoms. The van der Waals surface area contributed by atoms with Crippen molar-refractivity contribution < 1.29 is 18.0 Å². The van der Waals surface area contributed by atoms with Crippen LogP contribution < -0.4 is 10.5 Å². The molecule has 0 aliphatic heterocycles. The molecule has 0 radical (unpaired) electrons. The number of hydrogen-bond donors (Lipinski definition) is 2. The highest BCUT2D eigenvalue weighted by Gasteiger charge is 2.10. The van der Waals surface area contributed by atoms with Crippen LogP contribution in [0, 0.1) is 0 Å². The van der Waals surface area contributed by atoms with Gasteiger partial charge in [-0.3, -0.25) is 9.59 Å². The third kappa shape index (κ3) is 7.10. The van der Waals surface area contributed by atoms with E-state index in [-0.39, 0.29) is 16.7 Å². The quantitative estimate of drug-likeness (QED) is 0.677. The van der Waals surface area contributed by atoms with E-state index in [1.54, 1.807) is 17.0 Å². The van der Waals surface area contributed by atoms with Crippen molar-refractivity contribution in [2.24, 2.45) is 5.14 Å². The molecule has 8 heteroatoms. The van der Waals surface area contributed by atoms with Crippen molar-refractivity contribution in [2.45, 2.75) is 38.0 Å². The summed E-state index contributed by atoms with van der Waals surface area (Å²) in [7, 11) is -3.69. The molecule has 2 amide bonds. The van der Waals surface area contributed by atoms with Gasteiger partial charge in [-0.1, -0.05) is 19.1 Å². The average molecular weight is 355 g/mol. The van der Waals surface area contributed by atoms with Crippen LogP contribution in [-0.2, 0) is 26.0 Å². The molecular weight excluding hydrogens is 330 g/mol. The zero-order chi connectivity index (χ0) is 18.2. The largest absolute Gasteiger partial charge is 0.354 e. The van der Waals surface area contributed by atoms with Crippen LogP contribution in [0.3, 0.4) is 0 Å². The Kier molecular flexibility index (Phi) is 7.87. The minimum atomic E-state index is -3.69. The standard InChI is InChI=1S/C16H25N3O4S/c1-3-4-16(21)18-10-12-19(13(2)20)11-9-14-5-7-15(8-6-14)24(17,22)23/h5-8H,3-4,9-12H2,1-2H3,(H,18,21)(H2,17,22,23). The molecule has 0 aromatic heterocycles. The molecule has 0 heterocycles. The molecule has 0 saturated heterocycles. The third-order valence-corrected chi connectivity index (χ3v) is 4.48. The fraction of sp³-hybridized carbons (Fsp3) is 0.500. The van der Waals surface area contributed by atoms with Crippen molar-refractivity contribution >= 4 is 21.8 Å². The summed E-state index contributed by atoms with van der Waals surface area (Å²) < 4.78 is 22.4. The fourth-order valence-electron chi connectivity index (χ4n) is 2.18. The normalized spacial score (nSPS) is 11.1. The van der Waals surface area contributed by atoms with E-state index in [4.69, 9.17) is 5.14 Å². The number of nitrogens with two attached hydrogens (primary N) is 1. The summed E-state index contributed by atoms with van der Waals surface area (Å²) >= 11 is 0. The van der Waals surface area contributed by atoms with E-state index in [2.05, 4.69) is 5.32 Å². The van der Waals surface area contributed by atoms with Crippen molar-refractivity contribution in [3.05, 3.63) is 29.8 Å². The molecule has 1 rings (SSSR count). The lowest BCUT2D eigenvalue weighted by Crippen LogP contribution is -2.38. The van der Waals surface area contributed by atoms with Crippen molar-refractivity contribution in [3.63, 3.8) is 0 Å². The summed E-state index contributed by atoms with van der Waals surface area (Å²) in [6.45, 7) is 4.77. The third-order valence-electron chi connectivity index (χ3n) is 3.55. The Morgan fingerprint density at radius 2 is 1.79 bits per heavy atom. The first-order chi connectivity index (χ1) is 11.2. The minimum Gasteiger partial charge on any atom is -0.354 e. The summed E-state index contributed by atoms with van der Waals surface area (Å²) in [4.78, 5) is 24.8. The van der Waals surface area contributed by atoms with Gasteiger partial charge in [-0.25, -0.2) is 13.6 Å². The maximum absolute atomic E-state index is 11.7. The summed E-state index contributed by atoms with van der Waals surface area (Å²) in [5.74, 6) is -0.0829. The molecule has 0 fully saturated rings. The molecule has 0 unspecified atom stereocenters. The van der Waals surface area contributed by atoms with Gasteiger partial charge in [0.2, 0.25) is 21.8 Å². The van der Waals surface area contributed by atoms with E-state index in [9.17, 15) is 18.0 Å². The van der Waals surface area contributed by atoms with Crippen LogP contribution in [0.1, 0.15) is 32.3 Å². The maximum atomic E-state index is 11.7. The van der Waals surface area contributed by atoms with Gasteiger partial charge in [0.15, 0.2) is 0 Å². The highest BCUT2D eigenvalue weighted by molar-refractivity contribution is 7.89. The zero-order valence-electron chi connectivity index (χ0n) is 14.1. The second-order valence-corrected chi connectivity index (χ2v) is 7.11. The smallest absolute Gasteiger partial charge is 0.238 e. The van der Waals surface area contributed by atoms with Gasteiger partial charge in [-0.2, -0.15) is 0 Å². The first kappa shape index (κ1) is 20.1. The molecule has 7 nitrogen and oxygen atoms in total. The molecule has 0 bridgehead atoms. The van der Waals surface area contributed by atoms with Gasteiger partial charge in [0.1, 0.15) is 0 Å². The number of nitrogens with zero attached hydrogens (tertiary/aromatic N) is 1. The molecular formula is C16H25N3O4S. The minimum absolute atomic E-state index is 0.0143. The predicted molar refractivity (Wildman–Crippen MR) is 91.7 cm³/mol. The Hall–Kier alpha value is -1.93. The summed E-state index contributed by atoms with van der Waals surface area (Å²) in [6, 6.07) is 6.27. The second-order valence-electron chi connectivity index (χ2n) is 5.54. The Balaban J connectivity index is 2.51. The van der Waals surface area contributed by atoms with Crippen molar-refractivity contribution in [3.8, 4) is 0 Å². The number of amides is 2. The van der Waals surface area contributed by atoms with Crippen LogP contribution >= 0.6 is 0 Å². The van der Waals surface area contributed by atoms with Gasteiger partial charge < -0.3 is 10.2 Å². The highest BCUT2D eigenvalue weighted by Crippen LogP contribution is 2.09. The molecule has 3 N–H and O–H groups in total. The highest BCUT2D eigenvalue weighted by atomic mass is 32.2. The number of primary sulfonamides is 1. The molecule has 24 heavy (non-hydrogen) atoms. The number of benzene rings is 1. The predicted octanol–water partition coefficient (Wildman–Crippen LogP) is 0.641. The number of carbonyl (C=O) groups is 2. The number of sulfonamides is 1. The first-order valence-electron chi connectivity index (χ1n) is 7.88. The summed E-state index contributed by atoms with van der Waals surface area (Å²) in [5, 5.41) is 7.83. The number of rotatable bonds is 9. The summed E-state index contributed by atoms with van der Waals surface area (Å²) in [6.07, 6.45) is 1.86. The first-order valence-corrected chi connectivity index (χ1v) is 9.42. The second kappa shape index (κ2) is 9.39. The fourth-order valence-corrected chi connectivity index (χ4v) is 2.70. The van der Waals surface area contributed by atoms with E-state index in [0.29, 0.717) is 32.5 Å². The van der Waals surface area contributed by atoms with Gasteiger partial charge in [0.25, 0.3) is 0 Å². The molecule has 0 saturated carbocycles. The summed E-state index contributed by atoms with van der Waals surface area (Å²) in [5.41, 5.74) is 0.906.